The maximum atomic E-state index is 10.7. The number of hydrogen-bond acceptors (Lipinski definition) is 6. The predicted octanol–water partition coefficient (Wildman–Crippen LogP) is 0.637. The lowest BCUT2D eigenvalue weighted by molar-refractivity contribution is -0.387. The molecule has 0 saturated heterocycles. The number of carboxylic acid groups (broad SMARTS) is 1. The summed E-state index contributed by atoms with van der Waals surface area (Å²) in [5.74, 6) is -1.22. The van der Waals surface area contributed by atoms with E-state index in [2.05, 4.69) is 4.72 Å². The Kier molecular flexibility index (Phi) is 4.88. The Hall–Kier alpha value is -1.64. The van der Waals surface area contributed by atoms with Gasteiger partial charge in [0.2, 0.25) is 0 Å². The first kappa shape index (κ1) is 13.4. The lowest BCUT2D eigenvalue weighted by Gasteiger charge is -2.10. The fraction of sp³-hybridized carbons (Fsp3) is 0.222. The van der Waals surface area contributed by atoms with Gasteiger partial charge < -0.3 is 10.2 Å². The monoisotopic (exact) mass is 258 g/mol. The second kappa shape index (κ2) is 6.18. The maximum Gasteiger partial charge on any atom is 0.323 e. The van der Waals surface area contributed by atoms with Gasteiger partial charge in [-0.05, 0) is 18.0 Å². The topological polar surface area (TPSA) is 113 Å². The zero-order chi connectivity index (χ0) is 12.8. The van der Waals surface area contributed by atoms with E-state index < -0.39 is 23.5 Å². The summed E-state index contributed by atoms with van der Waals surface area (Å²) >= 11 is 0.804. The standard InChI is InChI=1S/C9H10N2O5S/c12-5-6(9(13)14)10-17-8-4-2-1-3-7(8)11(15)16/h1-4,6,10,12H,5H2,(H,13,14)/t6-/m0/s1. The van der Waals surface area contributed by atoms with E-state index >= 15 is 0 Å². The SMILES string of the molecule is O=C(O)[C@H](CO)NSc1ccccc1[N+](=O)[O-]. The second-order valence-corrected chi connectivity index (χ2v) is 3.90. The molecule has 0 radical (unpaired) electrons. The normalized spacial score (nSPS) is 12.1. The number of nitro groups is 1. The summed E-state index contributed by atoms with van der Waals surface area (Å²) in [6.45, 7) is -0.594. The molecule has 1 aromatic rings. The summed E-state index contributed by atoms with van der Waals surface area (Å²) < 4.78 is 2.44. The van der Waals surface area contributed by atoms with Crippen LogP contribution >= 0.6 is 11.9 Å². The predicted molar refractivity (Wildman–Crippen MR) is 60.6 cm³/mol. The summed E-state index contributed by atoms with van der Waals surface area (Å²) in [6, 6.07) is 4.76. The van der Waals surface area contributed by atoms with Crippen molar-refractivity contribution in [3.05, 3.63) is 34.4 Å². The van der Waals surface area contributed by atoms with E-state index in [1.807, 2.05) is 0 Å². The van der Waals surface area contributed by atoms with Gasteiger partial charge in [-0.2, -0.15) is 0 Å². The van der Waals surface area contributed by atoms with Crippen LogP contribution in [0.2, 0.25) is 0 Å². The van der Waals surface area contributed by atoms with Crippen LogP contribution in [0.4, 0.5) is 5.69 Å². The minimum absolute atomic E-state index is 0.118. The highest BCUT2D eigenvalue weighted by Gasteiger charge is 2.19. The number of nitrogens with one attached hydrogen (secondary N) is 1. The molecule has 0 unspecified atom stereocenters. The van der Waals surface area contributed by atoms with Crippen molar-refractivity contribution in [2.75, 3.05) is 6.61 Å². The van der Waals surface area contributed by atoms with E-state index in [0.29, 0.717) is 0 Å². The van der Waals surface area contributed by atoms with Gasteiger partial charge in [0.25, 0.3) is 5.69 Å². The molecule has 1 aromatic carbocycles. The molecule has 0 aliphatic rings. The molecule has 0 spiro atoms. The molecule has 0 heterocycles. The molecule has 1 rings (SSSR count). The molecule has 8 heteroatoms. The van der Waals surface area contributed by atoms with E-state index in [-0.39, 0.29) is 10.6 Å². The third-order valence-electron chi connectivity index (χ3n) is 1.85. The number of aliphatic carboxylic acids is 1. The molecule has 0 aliphatic heterocycles. The van der Waals surface area contributed by atoms with Crippen LogP contribution < -0.4 is 4.72 Å². The minimum Gasteiger partial charge on any atom is -0.480 e. The quantitative estimate of drug-likeness (QED) is 0.390. The Bertz CT molecular complexity index is 426. The lowest BCUT2D eigenvalue weighted by Crippen LogP contribution is -2.35. The zero-order valence-electron chi connectivity index (χ0n) is 8.57. The van der Waals surface area contributed by atoms with Gasteiger partial charge in [0.05, 0.1) is 11.5 Å². The average molecular weight is 258 g/mol. The summed E-state index contributed by atoms with van der Waals surface area (Å²) in [5, 5.41) is 28.1. The molecule has 0 saturated carbocycles. The minimum atomic E-state index is -1.22. The van der Waals surface area contributed by atoms with E-state index in [4.69, 9.17) is 10.2 Å². The molecular weight excluding hydrogens is 248 g/mol. The number of rotatable bonds is 6. The van der Waals surface area contributed by atoms with Gasteiger partial charge in [0, 0.05) is 6.07 Å². The summed E-state index contributed by atoms with van der Waals surface area (Å²) in [5.41, 5.74) is -0.118. The smallest absolute Gasteiger partial charge is 0.323 e. The number of aliphatic hydroxyl groups excluding tert-OH is 1. The molecule has 92 valence electrons. The Balaban J connectivity index is 2.75. The summed E-state index contributed by atoms with van der Waals surface area (Å²) in [6.07, 6.45) is 0. The van der Waals surface area contributed by atoms with Crippen LogP contribution in [-0.2, 0) is 4.79 Å². The summed E-state index contributed by atoms with van der Waals surface area (Å²) in [7, 11) is 0. The zero-order valence-corrected chi connectivity index (χ0v) is 9.38. The van der Waals surface area contributed by atoms with E-state index in [1.54, 1.807) is 6.07 Å². The van der Waals surface area contributed by atoms with Gasteiger partial charge in [0.1, 0.15) is 10.9 Å². The fourth-order valence-corrected chi connectivity index (χ4v) is 1.83. The first-order chi connectivity index (χ1) is 8.06. The molecule has 0 amide bonds. The Morgan fingerprint density at radius 1 is 1.53 bits per heavy atom. The van der Waals surface area contributed by atoms with Crippen molar-refractivity contribution in [3.63, 3.8) is 0 Å². The Labute approximate surface area is 101 Å². The van der Waals surface area contributed by atoms with Gasteiger partial charge in [-0.1, -0.05) is 12.1 Å². The van der Waals surface area contributed by atoms with Crippen LogP contribution in [0, 0.1) is 10.1 Å². The summed E-state index contributed by atoms with van der Waals surface area (Å²) in [4.78, 5) is 21.0. The molecule has 7 nitrogen and oxygen atoms in total. The van der Waals surface area contributed by atoms with E-state index in [9.17, 15) is 14.9 Å². The van der Waals surface area contributed by atoms with E-state index in [1.165, 1.54) is 18.2 Å². The molecule has 0 aromatic heterocycles. The molecule has 0 fully saturated rings. The molecule has 3 N–H and O–H groups in total. The molecule has 0 bridgehead atoms. The van der Waals surface area contributed by atoms with Crippen LogP contribution in [0.25, 0.3) is 0 Å². The van der Waals surface area contributed by atoms with Crippen LogP contribution in [-0.4, -0.2) is 33.8 Å². The number of para-hydroxylation sites is 1. The van der Waals surface area contributed by atoms with Crippen LogP contribution in [0.5, 0.6) is 0 Å². The number of carboxylic acids is 1. The van der Waals surface area contributed by atoms with Crippen molar-refractivity contribution in [2.45, 2.75) is 10.9 Å². The van der Waals surface area contributed by atoms with Crippen molar-refractivity contribution in [3.8, 4) is 0 Å². The van der Waals surface area contributed by atoms with Gasteiger partial charge in [-0.25, -0.2) is 4.72 Å². The van der Waals surface area contributed by atoms with Crippen LogP contribution in [0.1, 0.15) is 0 Å². The molecule has 1 atom stereocenters. The highest BCUT2D eigenvalue weighted by molar-refractivity contribution is 7.97. The number of aliphatic hydroxyl groups is 1. The average Bonchev–Trinajstić information content (AvgIpc) is 2.29. The van der Waals surface area contributed by atoms with Gasteiger partial charge in [-0.15, -0.1) is 0 Å². The Morgan fingerprint density at radius 2 is 2.18 bits per heavy atom. The third kappa shape index (κ3) is 3.70. The van der Waals surface area contributed by atoms with Crippen LogP contribution in [0.15, 0.2) is 29.2 Å². The number of nitrogens with zero attached hydrogens (tertiary/aromatic N) is 1. The maximum absolute atomic E-state index is 10.7. The lowest BCUT2D eigenvalue weighted by atomic mass is 10.3. The van der Waals surface area contributed by atoms with Gasteiger partial charge >= 0.3 is 5.97 Å². The molecule has 0 aliphatic carbocycles. The first-order valence-electron chi connectivity index (χ1n) is 4.55. The molecular formula is C9H10N2O5S. The third-order valence-corrected chi connectivity index (χ3v) is 2.82. The largest absolute Gasteiger partial charge is 0.480 e. The second-order valence-electron chi connectivity index (χ2n) is 3.02. The number of hydrogen-bond donors (Lipinski definition) is 3. The van der Waals surface area contributed by atoms with Gasteiger partial charge in [0.15, 0.2) is 0 Å². The van der Waals surface area contributed by atoms with Crippen molar-refractivity contribution in [1.29, 1.82) is 0 Å². The van der Waals surface area contributed by atoms with Crippen molar-refractivity contribution < 1.29 is 19.9 Å². The van der Waals surface area contributed by atoms with Crippen molar-refractivity contribution in [2.24, 2.45) is 0 Å². The Morgan fingerprint density at radius 3 is 2.71 bits per heavy atom. The number of carbonyl (C=O) groups is 1. The van der Waals surface area contributed by atoms with Gasteiger partial charge in [-0.3, -0.25) is 14.9 Å². The van der Waals surface area contributed by atoms with Crippen LogP contribution in [0.3, 0.4) is 0 Å². The van der Waals surface area contributed by atoms with Crippen molar-refractivity contribution in [1.82, 2.24) is 4.72 Å². The number of nitro benzene ring substituents is 1. The van der Waals surface area contributed by atoms with E-state index in [0.717, 1.165) is 11.9 Å². The highest BCUT2D eigenvalue weighted by Crippen LogP contribution is 2.26. The molecule has 17 heavy (non-hydrogen) atoms. The number of benzene rings is 1. The first-order valence-corrected chi connectivity index (χ1v) is 5.37. The fourth-order valence-electron chi connectivity index (χ4n) is 0.995. The van der Waals surface area contributed by atoms with Crippen molar-refractivity contribution >= 4 is 23.6 Å². The highest BCUT2D eigenvalue weighted by atomic mass is 32.2.